The van der Waals surface area contributed by atoms with Crippen LogP contribution in [-0.4, -0.2) is 29.9 Å². The molecule has 0 aliphatic carbocycles. The van der Waals surface area contributed by atoms with Gasteiger partial charge in [-0.1, -0.05) is 36.7 Å². The lowest BCUT2D eigenvalue weighted by Crippen LogP contribution is -2.48. The van der Waals surface area contributed by atoms with Gasteiger partial charge in [-0.15, -0.1) is 0 Å². The standard InChI is InChI=1S/C16H22ClN3O/c1-11-5-4-8-20(10-11)16(21)15-9-14(18-19-15)12-6-2-3-7-13(12)17/h2-3,6-7,11,14-15,18-19H,4-5,8-10H2,1H3. The molecule has 4 nitrogen and oxygen atoms in total. The Balaban J connectivity index is 1.64. The van der Waals surface area contributed by atoms with E-state index in [0.29, 0.717) is 5.92 Å². The number of carbonyl (C=O) groups excluding carboxylic acids is 1. The minimum absolute atomic E-state index is 0.0925. The van der Waals surface area contributed by atoms with Crippen molar-refractivity contribution in [3.05, 3.63) is 34.9 Å². The predicted molar refractivity (Wildman–Crippen MR) is 83.8 cm³/mol. The van der Waals surface area contributed by atoms with Gasteiger partial charge in [0, 0.05) is 24.2 Å². The van der Waals surface area contributed by atoms with E-state index in [1.165, 1.54) is 6.42 Å². The lowest BCUT2D eigenvalue weighted by Gasteiger charge is -2.32. The third kappa shape index (κ3) is 3.23. The van der Waals surface area contributed by atoms with Crippen LogP contribution in [0.3, 0.4) is 0 Å². The Labute approximate surface area is 130 Å². The maximum absolute atomic E-state index is 12.6. The molecule has 2 heterocycles. The van der Waals surface area contributed by atoms with Crippen LogP contribution in [0.1, 0.15) is 37.8 Å². The second kappa shape index (κ2) is 6.34. The number of nitrogens with zero attached hydrogens (tertiary/aromatic N) is 1. The summed E-state index contributed by atoms with van der Waals surface area (Å²) in [6.45, 7) is 3.98. The smallest absolute Gasteiger partial charge is 0.241 e. The molecule has 2 aliphatic rings. The van der Waals surface area contributed by atoms with Gasteiger partial charge >= 0.3 is 0 Å². The number of amides is 1. The monoisotopic (exact) mass is 307 g/mol. The second-order valence-corrected chi connectivity index (χ2v) is 6.59. The third-order valence-electron chi connectivity index (χ3n) is 4.45. The summed E-state index contributed by atoms with van der Waals surface area (Å²) in [6.07, 6.45) is 3.08. The third-order valence-corrected chi connectivity index (χ3v) is 4.79. The van der Waals surface area contributed by atoms with Crippen molar-refractivity contribution >= 4 is 17.5 Å². The van der Waals surface area contributed by atoms with Gasteiger partial charge in [-0.3, -0.25) is 4.79 Å². The zero-order chi connectivity index (χ0) is 14.8. The summed E-state index contributed by atoms with van der Waals surface area (Å²) < 4.78 is 0. The first-order chi connectivity index (χ1) is 10.1. The fraction of sp³-hybridized carbons (Fsp3) is 0.562. The van der Waals surface area contributed by atoms with Gasteiger partial charge in [-0.25, -0.2) is 10.9 Å². The van der Waals surface area contributed by atoms with Crippen LogP contribution in [0.15, 0.2) is 24.3 Å². The Morgan fingerprint density at radius 3 is 2.90 bits per heavy atom. The molecule has 2 N–H and O–H groups in total. The molecule has 0 saturated carbocycles. The van der Waals surface area contributed by atoms with Crippen molar-refractivity contribution in [1.29, 1.82) is 0 Å². The Hall–Kier alpha value is -1.10. The molecule has 0 radical (unpaired) electrons. The van der Waals surface area contributed by atoms with Crippen molar-refractivity contribution in [3.8, 4) is 0 Å². The molecule has 0 aromatic heterocycles. The molecule has 3 unspecified atom stereocenters. The molecule has 0 bridgehead atoms. The van der Waals surface area contributed by atoms with Gasteiger partial charge in [0.1, 0.15) is 6.04 Å². The fourth-order valence-corrected chi connectivity index (χ4v) is 3.56. The molecular formula is C16H22ClN3O. The molecule has 1 aromatic carbocycles. The molecule has 1 amide bonds. The summed E-state index contributed by atoms with van der Waals surface area (Å²) in [5.41, 5.74) is 7.41. The van der Waals surface area contributed by atoms with Crippen molar-refractivity contribution in [2.75, 3.05) is 13.1 Å². The van der Waals surface area contributed by atoms with Crippen LogP contribution in [0.5, 0.6) is 0 Å². The normalized spacial score (nSPS) is 29.6. The minimum Gasteiger partial charge on any atom is -0.341 e. The molecule has 2 fully saturated rings. The van der Waals surface area contributed by atoms with Crippen LogP contribution in [0.25, 0.3) is 0 Å². The summed E-state index contributed by atoms with van der Waals surface area (Å²) in [5, 5.41) is 0.747. The summed E-state index contributed by atoms with van der Waals surface area (Å²) in [4.78, 5) is 14.6. The number of benzene rings is 1. The van der Waals surface area contributed by atoms with Crippen LogP contribution in [0.2, 0.25) is 5.02 Å². The first-order valence-corrected chi connectivity index (χ1v) is 8.07. The van der Waals surface area contributed by atoms with E-state index in [9.17, 15) is 4.79 Å². The van der Waals surface area contributed by atoms with E-state index in [2.05, 4.69) is 17.8 Å². The predicted octanol–water partition coefficient (Wildman–Crippen LogP) is 2.51. The number of hydrogen-bond acceptors (Lipinski definition) is 3. The fourth-order valence-electron chi connectivity index (χ4n) is 3.29. The number of piperidine rings is 1. The van der Waals surface area contributed by atoms with Gasteiger partial charge in [0.15, 0.2) is 0 Å². The van der Waals surface area contributed by atoms with Gasteiger partial charge in [0.05, 0.1) is 0 Å². The number of nitrogens with one attached hydrogen (secondary N) is 2. The molecule has 5 heteroatoms. The van der Waals surface area contributed by atoms with Crippen LogP contribution in [0.4, 0.5) is 0 Å². The average molecular weight is 308 g/mol. The molecule has 3 rings (SSSR count). The van der Waals surface area contributed by atoms with E-state index >= 15 is 0 Å². The zero-order valence-electron chi connectivity index (χ0n) is 12.3. The van der Waals surface area contributed by atoms with Crippen molar-refractivity contribution in [3.63, 3.8) is 0 Å². The number of hydrogen-bond donors (Lipinski definition) is 2. The van der Waals surface area contributed by atoms with Gasteiger partial charge in [-0.05, 0) is 36.8 Å². The maximum atomic E-state index is 12.6. The quantitative estimate of drug-likeness (QED) is 0.882. The first-order valence-electron chi connectivity index (χ1n) is 7.69. The Morgan fingerprint density at radius 1 is 1.33 bits per heavy atom. The van der Waals surface area contributed by atoms with E-state index in [1.807, 2.05) is 29.2 Å². The summed E-state index contributed by atoms with van der Waals surface area (Å²) in [5.74, 6) is 0.819. The number of hydrazine groups is 1. The highest BCUT2D eigenvalue weighted by Gasteiger charge is 2.34. The van der Waals surface area contributed by atoms with Crippen molar-refractivity contribution < 1.29 is 4.79 Å². The van der Waals surface area contributed by atoms with E-state index in [-0.39, 0.29) is 18.0 Å². The lowest BCUT2D eigenvalue weighted by molar-refractivity contribution is -0.134. The highest BCUT2D eigenvalue weighted by molar-refractivity contribution is 6.31. The summed E-state index contributed by atoms with van der Waals surface area (Å²) >= 11 is 6.24. The van der Waals surface area contributed by atoms with Crippen molar-refractivity contribution in [2.24, 2.45) is 5.92 Å². The molecular weight excluding hydrogens is 286 g/mol. The van der Waals surface area contributed by atoms with Crippen LogP contribution in [0, 0.1) is 5.92 Å². The largest absolute Gasteiger partial charge is 0.341 e. The molecule has 3 atom stereocenters. The number of halogens is 1. The Kier molecular flexibility index (Phi) is 4.48. The Morgan fingerprint density at radius 2 is 2.14 bits per heavy atom. The molecule has 2 saturated heterocycles. The molecule has 0 spiro atoms. The van der Waals surface area contributed by atoms with Crippen LogP contribution >= 0.6 is 11.6 Å². The van der Waals surface area contributed by atoms with E-state index < -0.39 is 0 Å². The lowest BCUT2D eigenvalue weighted by atomic mass is 9.98. The zero-order valence-corrected chi connectivity index (χ0v) is 13.1. The molecule has 2 aliphatic heterocycles. The molecule has 1 aromatic rings. The first kappa shape index (κ1) is 14.8. The van der Waals surface area contributed by atoms with Crippen molar-refractivity contribution in [1.82, 2.24) is 15.8 Å². The Bertz CT molecular complexity index is 522. The minimum atomic E-state index is -0.156. The molecule has 21 heavy (non-hydrogen) atoms. The van der Waals surface area contributed by atoms with E-state index in [4.69, 9.17) is 11.6 Å². The van der Waals surface area contributed by atoms with E-state index in [1.54, 1.807) is 0 Å². The number of rotatable bonds is 2. The topological polar surface area (TPSA) is 44.4 Å². The van der Waals surface area contributed by atoms with E-state index in [0.717, 1.165) is 36.5 Å². The number of likely N-dealkylation sites (tertiary alicyclic amines) is 1. The van der Waals surface area contributed by atoms with Crippen molar-refractivity contribution in [2.45, 2.75) is 38.3 Å². The number of carbonyl (C=O) groups is 1. The summed E-state index contributed by atoms with van der Waals surface area (Å²) in [7, 11) is 0. The second-order valence-electron chi connectivity index (χ2n) is 6.18. The van der Waals surface area contributed by atoms with Gasteiger partial charge in [0.2, 0.25) is 5.91 Å². The molecule has 114 valence electrons. The highest BCUT2D eigenvalue weighted by Crippen LogP contribution is 2.29. The van der Waals surface area contributed by atoms with Gasteiger partial charge in [0.25, 0.3) is 0 Å². The highest BCUT2D eigenvalue weighted by atomic mass is 35.5. The van der Waals surface area contributed by atoms with Crippen LogP contribution < -0.4 is 10.9 Å². The van der Waals surface area contributed by atoms with Crippen LogP contribution in [-0.2, 0) is 4.79 Å². The van der Waals surface area contributed by atoms with Gasteiger partial charge < -0.3 is 4.90 Å². The van der Waals surface area contributed by atoms with Gasteiger partial charge in [-0.2, -0.15) is 0 Å². The average Bonchev–Trinajstić information content (AvgIpc) is 2.96. The summed E-state index contributed by atoms with van der Waals surface area (Å²) in [6, 6.07) is 7.74. The maximum Gasteiger partial charge on any atom is 0.241 e. The SMILES string of the molecule is CC1CCCN(C(=O)C2CC(c3ccccc3Cl)NN2)C1.